The molecule has 9 rings (SSSR count). The van der Waals surface area contributed by atoms with E-state index in [-0.39, 0.29) is 35.4 Å². The molecule has 58 heavy (non-hydrogen) atoms. The van der Waals surface area contributed by atoms with Crippen LogP contribution in [0.2, 0.25) is 0 Å². The molecule has 2 aromatic rings. The van der Waals surface area contributed by atoms with E-state index in [2.05, 4.69) is 58.9 Å². The van der Waals surface area contributed by atoms with Crippen LogP contribution in [0.1, 0.15) is 114 Å². The van der Waals surface area contributed by atoms with Gasteiger partial charge in [0.15, 0.2) is 22.8 Å². The van der Waals surface area contributed by atoms with E-state index in [1.165, 1.54) is 12.7 Å². The molecule has 0 aromatic heterocycles. The Kier molecular flexibility index (Phi) is 9.65. The van der Waals surface area contributed by atoms with E-state index in [1.54, 1.807) is 20.1 Å². The number of benzene rings is 2. The third-order valence-electron chi connectivity index (χ3n) is 13.5. The van der Waals surface area contributed by atoms with Gasteiger partial charge in [0.2, 0.25) is 0 Å². The molecule has 1 N–H and O–H groups in total. The second-order valence-corrected chi connectivity index (χ2v) is 18.0. The van der Waals surface area contributed by atoms with Gasteiger partial charge in [0.05, 0.1) is 42.7 Å². The van der Waals surface area contributed by atoms with E-state index in [0.717, 1.165) is 35.1 Å². The fourth-order valence-corrected chi connectivity index (χ4v) is 10.8. The van der Waals surface area contributed by atoms with Crippen molar-refractivity contribution >= 4 is 35.0 Å². The third kappa shape index (κ3) is 5.59. The number of carbonyl (C=O) groups excluding carboxylic acids is 3. The summed E-state index contributed by atoms with van der Waals surface area (Å²) in [5, 5.41) is 13.5. The second kappa shape index (κ2) is 14.1. The normalized spacial score (nSPS) is 29.7. The molecule has 0 radical (unpaired) electrons. The van der Waals surface area contributed by atoms with Crippen LogP contribution in [0.4, 0.5) is 0 Å². The van der Waals surface area contributed by atoms with Gasteiger partial charge in [-0.05, 0) is 85.3 Å². The van der Waals surface area contributed by atoms with Crippen molar-refractivity contribution in [2.75, 3.05) is 14.2 Å². The van der Waals surface area contributed by atoms with Gasteiger partial charge >= 0.3 is 5.97 Å². The zero-order chi connectivity index (χ0) is 41.6. The summed E-state index contributed by atoms with van der Waals surface area (Å²) < 4.78 is 26.2. The Morgan fingerprint density at radius 3 is 2.36 bits per heavy atom. The van der Waals surface area contributed by atoms with E-state index in [4.69, 9.17) is 23.9 Å². The highest BCUT2D eigenvalue weighted by Crippen LogP contribution is 2.70. The molecule has 3 saturated carbocycles. The number of fused-ring (bicyclic) bond motifs is 8. The summed E-state index contributed by atoms with van der Waals surface area (Å²) >= 11 is 0. The Bertz CT molecular complexity index is 2350. The summed E-state index contributed by atoms with van der Waals surface area (Å²) in [7, 11) is 2.94. The number of aliphatic imine (C=N–C) groups is 1. The van der Waals surface area contributed by atoms with Crippen LogP contribution in [-0.4, -0.2) is 59.4 Å². The molecular formula is C49H55NO8. The van der Waals surface area contributed by atoms with E-state index >= 15 is 4.79 Å². The van der Waals surface area contributed by atoms with Crippen LogP contribution in [0, 0.1) is 29.6 Å². The molecule has 4 aliphatic carbocycles. The average Bonchev–Trinajstić information content (AvgIpc) is 3.47. The number of aliphatic hydroxyl groups is 1. The average molecular weight is 786 g/mol. The van der Waals surface area contributed by atoms with Crippen molar-refractivity contribution in [2.45, 2.75) is 104 Å². The number of nitrogens with zero attached hydrogens (tertiary/aromatic N) is 1. The second-order valence-electron chi connectivity index (χ2n) is 18.0. The van der Waals surface area contributed by atoms with Crippen LogP contribution in [0.5, 0.6) is 17.2 Å². The summed E-state index contributed by atoms with van der Waals surface area (Å²) in [6.45, 7) is 16.1. The summed E-state index contributed by atoms with van der Waals surface area (Å²) in [6, 6.07) is 7.53. The molecule has 9 nitrogen and oxygen atoms in total. The first-order valence-corrected chi connectivity index (χ1v) is 20.6. The number of methoxy groups -OCH3 is 2. The maximum atomic E-state index is 15.3. The lowest BCUT2D eigenvalue weighted by atomic mass is 9.42. The Morgan fingerprint density at radius 2 is 1.71 bits per heavy atom. The molecule has 9 heteroatoms. The molecular weight excluding hydrogens is 731 g/mol. The van der Waals surface area contributed by atoms with Crippen molar-refractivity contribution in [1.29, 1.82) is 0 Å². The standard InChI is InChI=1S/C49H55NO8/c1-25(2)14-13-21-47(8)22-20-32-42(57-47)31(18-17-26(3)4)44-37(43(32)55-9)40-38-35(36-39(50-40)29-15-11-12-16-30(29)41(36)51)33-24-34(27(5)6)49(38,58-44)48(54,45(33)52)23-19-28(7)46(53)56-10/h11-12,14-17,19-20,22,27,33-36,54H,13,18,21,23-24H2,1-10H3. The zero-order valence-corrected chi connectivity index (χ0v) is 35.4. The molecule has 0 amide bonds. The molecule has 0 saturated heterocycles. The molecule has 3 aliphatic heterocycles. The monoisotopic (exact) mass is 785 g/mol. The van der Waals surface area contributed by atoms with E-state index in [0.29, 0.717) is 58.2 Å². The Hall–Kier alpha value is -5.02. The van der Waals surface area contributed by atoms with Gasteiger partial charge in [0.25, 0.3) is 0 Å². The molecule has 7 atom stereocenters. The van der Waals surface area contributed by atoms with Gasteiger partial charge in [0, 0.05) is 52.0 Å². The van der Waals surface area contributed by atoms with Crippen molar-refractivity contribution in [3.8, 4) is 17.2 Å². The van der Waals surface area contributed by atoms with Crippen LogP contribution >= 0.6 is 0 Å². The van der Waals surface area contributed by atoms with E-state index in [9.17, 15) is 14.7 Å². The number of ether oxygens (including phenoxy) is 4. The van der Waals surface area contributed by atoms with Gasteiger partial charge in [0.1, 0.15) is 22.8 Å². The van der Waals surface area contributed by atoms with Crippen molar-refractivity contribution in [3.05, 3.63) is 98.7 Å². The first kappa shape index (κ1) is 39.8. The fourth-order valence-electron chi connectivity index (χ4n) is 10.8. The summed E-state index contributed by atoms with van der Waals surface area (Å²) in [5.74, 6) is -1.93. The van der Waals surface area contributed by atoms with Gasteiger partial charge in [-0.25, -0.2) is 4.79 Å². The number of allylic oxidation sites excluding steroid dienone is 4. The van der Waals surface area contributed by atoms with Gasteiger partial charge < -0.3 is 24.1 Å². The molecule has 3 fully saturated rings. The quantitative estimate of drug-likeness (QED) is 0.144. The highest BCUT2D eigenvalue weighted by molar-refractivity contribution is 6.30. The first-order valence-electron chi connectivity index (χ1n) is 20.6. The van der Waals surface area contributed by atoms with Gasteiger partial charge in [-0.1, -0.05) is 67.5 Å². The molecule has 304 valence electrons. The van der Waals surface area contributed by atoms with Crippen LogP contribution in [-0.2, 0) is 20.7 Å². The van der Waals surface area contributed by atoms with Crippen LogP contribution in [0.15, 0.2) is 75.9 Å². The van der Waals surface area contributed by atoms with Crippen LogP contribution in [0.25, 0.3) is 11.8 Å². The van der Waals surface area contributed by atoms with Crippen molar-refractivity contribution in [2.24, 2.45) is 34.6 Å². The van der Waals surface area contributed by atoms with Crippen LogP contribution in [0.3, 0.4) is 0 Å². The number of Topliss-reactive ketones (excluding diaryl/α,β-unsaturated/α-hetero) is 2. The third-order valence-corrected chi connectivity index (χ3v) is 13.5. The minimum absolute atomic E-state index is 0.0655. The Balaban J connectivity index is 1.48. The predicted octanol–water partition coefficient (Wildman–Crippen LogP) is 9.00. The summed E-state index contributed by atoms with van der Waals surface area (Å²) in [4.78, 5) is 48.1. The molecule has 3 heterocycles. The lowest BCUT2D eigenvalue weighted by Crippen LogP contribution is -2.79. The van der Waals surface area contributed by atoms with Crippen molar-refractivity contribution in [1.82, 2.24) is 0 Å². The fraction of sp³-hybridized carbons (Fsp3) is 0.469. The summed E-state index contributed by atoms with van der Waals surface area (Å²) in [6.07, 6.45) is 12.3. The zero-order valence-electron chi connectivity index (χ0n) is 35.4. The lowest BCUT2D eigenvalue weighted by molar-refractivity contribution is -0.212. The topological polar surface area (TPSA) is 121 Å². The highest BCUT2D eigenvalue weighted by atomic mass is 16.5. The molecule has 1 spiro atoms. The maximum absolute atomic E-state index is 15.3. The molecule has 7 aliphatic rings. The largest absolute Gasteiger partial charge is 0.495 e. The minimum atomic E-state index is -2.13. The number of carbonyl (C=O) groups is 3. The van der Waals surface area contributed by atoms with Gasteiger partial charge in [-0.3, -0.25) is 14.6 Å². The SMILES string of the molecule is COC(=O)C(C)=CCC1(O)C(=O)C2CC(C(C)C)C13Oc1c(CC=C(C)C)c4c(c(OC)c1C1=C3C2C2C(=O)c3ccccc3C2=N1)C=CC(C)(CCC=C(C)C)O4. The smallest absolute Gasteiger partial charge is 0.333 e. The van der Waals surface area contributed by atoms with Gasteiger partial charge in [-0.2, -0.15) is 0 Å². The number of hydrogen-bond acceptors (Lipinski definition) is 9. The number of hydrogen-bond donors (Lipinski definition) is 1. The van der Waals surface area contributed by atoms with E-state index in [1.807, 2.05) is 38.1 Å². The van der Waals surface area contributed by atoms with Gasteiger partial charge in [-0.15, -0.1) is 0 Å². The summed E-state index contributed by atoms with van der Waals surface area (Å²) in [5.41, 5.74) is 3.50. The number of ketones is 2. The van der Waals surface area contributed by atoms with Crippen molar-refractivity contribution in [3.63, 3.8) is 0 Å². The number of esters is 1. The van der Waals surface area contributed by atoms with Crippen molar-refractivity contribution < 1.29 is 38.4 Å². The molecule has 2 aromatic carbocycles. The lowest BCUT2D eigenvalue weighted by Gasteiger charge is -2.66. The first-order chi connectivity index (χ1) is 27.5. The Morgan fingerprint density at radius 1 is 1.00 bits per heavy atom. The van der Waals surface area contributed by atoms with E-state index < -0.39 is 40.5 Å². The van der Waals surface area contributed by atoms with Crippen LogP contribution < -0.4 is 14.2 Å². The maximum Gasteiger partial charge on any atom is 0.333 e. The Labute approximate surface area is 341 Å². The minimum Gasteiger partial charge on any atom is -0.495 e. The number of rotatable bonds is 10. The predicted molar refractivity (Wildman–Crippen MR) is 224 cm³/mol. The highest BCUT2D eigenvalue weighted by Gasteiger charge is 2.77. The molecule has 2 bridgehead atoms. The molecule has 7 unspecified atom stereocenters.